The summed E-state index contributed by atoms with van der Waals surface area (Å²) in [4.78, 5) is 28.2. The summed E-state index contributed by atoms with van der Waals surface area (Å²) in [6.45, 7) is 0.195. The van der Waals surface area contributed by atoms with E-state index in [1.54, 1.807) is 10.9 Å². The van der Waals surface area contributed by atoms with E-state index in [0.717, 1.165) is 29.7 Å². The Morgan fingerprint density at radius 1 is 1.10 bits per heavy atom. The minimum Gasteiger partial charge on any atom is -0.480 e. The molecule has 0 saturated heterocycles. The van der Waals surface area contributed by atoms with Crippen LogP contribution in [0.25, 0.3) is 11.1 Å². The van der Waals surface area contributed by atoms with Crippen LogP contribution in [-0.4, -0.2) is 39.4 Å². The first kappa shape index (κ1) is 21.1. The van der Waals surface area contributed by atoms with Crippen molar-refractivity contribution in [3.63, 3.8) is 0 Å². The van der Waals surface area contributed by atoms with Crippen molar-refractivity contribution < 1.29 is 19.4 Å². The van der Waals surface area contributed by atoms with Crippen molar-refractivity contribution in [2.24, 2.45) is 0 Å². The number of hydrogen-bond donors (Lipinski definition) is 2. The molecule has 30 heavy (non-hydrogen) atoms. The topological polar surface area (TPSA) is 93.5 Å². The van der Waals surface area contributed by atoms with Gasteiger partial charge in [-0.15, -0.1) is 0 Å². The van der Waals surface area contributed by atoms with Gasteiger partial charge in [0, 0.05) is 5.92 Å². The fourth-order valence-electron chi connectivity index (χ4n) is 3.63. The number of fused-ring (bicyclic) bond motifs is 3. The van der Waals surface area contributed by atoms with Gasteiger partial charge in [-0.2, -0.15) is 0 Å². The van der Waals surface area contributed by atoms with Crippen LogP contribution in [0.1, 0.15) is 17.0 Å². The summed E-state index contributed by atoms with van der Waals surface area (Å²) in [5, 5.41) is 12.0. The predicted octanol–water partition coefficient (Wildman–Crippen LogP) is 4.08. The highest BCUT2D eigenvalue weighted by atomic mass is 127. The highest BCUT2D eigenvalue weighted by Gasteiger charge is 2.30. The number of ether oxygens (including phenoxy) is 1. The minimum atomic E-state index is -1.14. The number of carbonyl (C=O) groups is 2. The van der Waals surface area contributed by atoms with Crippen molar-refractivity contribution in [3.05, 3.63) is 73.4 Å². The van der Waals surface area contributed by atoms with Crippen molar-refractivity contribution >= 4 is 57.2 Å². The van der Waals surface area contributed by atoms with Gasteiger partial charge in [-0.05, 0) is 67.4 Å². The van der Waals surface area contributed by atoms with Crippen molar-refractivity contribution in [1.82, 2.24) is 14.9 Å². The summed E-state index contributed by atoms with van der Waals surface area (Å²) in [7, 11) is 0. The van der Waals surface area contributed by atoms with E-state index in [9.17, 15) is 14.7 Å². The molecule has 0 fully saturated rings. The molecule has 1 unspecified atom stereocenters. The second-order valence-electron chi connectivity index (χ2n) is 6.84. The zero-order valence-electron chi connectivity index (χ0n) is 15.6. The Hall–Kier alpha value is -2.15. The molecular weight excluding hydrogens is 612 g/mol. The van der Waals surface area contributed by atoms with Gasteiger partial charge in [0.25, 0.3) is 0 Å². The molecule has 1 heterocycles. The highest BCUT2D eigenvalue weighted by molar-refractivity contribution is 14.1. The standard InChI is InChI=1S/C21H17I2N3O4/c22-18-19(23)26(11-24-18)9-17(20(27)28)25-21(29)30-10-16-14-7-3-1-5-12(14)13-6-2-4-8-15(13)16/h1-8,11,16-17H,9-10H2,(H,25,29)(H,27,28). The molecule has 0 radical (unpaired) electrons. The summed E-state index contributed by atoms with van der Waals surface area (Å²) in [5.74, 6) is -1.22. The largest absolute Gasteiger partial charge is 0.480 e. The Balaban J connectivity index is 1.44. The third-order valence-electron chi connectivity index (χ3n) is 5.05. The molecule has 2 aromatic carbocycles. The first-order chi connectivity index (χ1) is 14.5. The van der Waals surface area contributed by atoms with Crippen molar-refractivity contribution in [1.29, 1.82) is 0 Å². The van der Waals surface area contributed by atoms with Gasteiger partial charge in [0.1, 0.15) is 20.1 Å². The molecule has 7 nitrogen and oxygen atoms in total. The molecule has 3 aromatic rings. The predicted molar refractivity (Wildman–Crippen MR) is 127 cm³/mol. The number of aliphatic carboxylic acids is 1. The van der Waals surface area contributed by atoms with E-state index in [1.165, 1.54) is 0 Å². The highest BCUT2D eigenvalue weighted by Crippen LogP contribution is 2.44. The van der Waals surface area contributed by atoms with E-state index in [0.29, 0.717) is 0 Å². The number of rotatable bonds is 6. The average Bonchev–Trinajstić information content (AvgIpc) is 3.23. The number of benzene rings is 2. The van der Waals surface area contributed by atoms with Crippen LogP contribution in [0.2, 0.25) is 0 Å². The SMILES string of the molecule is O=C(NC(Cn1cnc(I)c1I)C(=O)O)OCC1c2ccccc2-c2ccccc21. The van der Waals surface area contributed by atoms with Gasteiger partial charge in [-0.25, -0.2) is 14.6 Å². The number of halogens is 2. The number of imidazole rings is 1. The summed E-state index contributed by atoms with van der Waals surface area (Å²) in [5.41, 5.74) is 4.47. The maximum absolute atomic E-state index is 12.4. The van der Waals surface area contributed by atoms with E-state index in [-0.39, 0.29) is 19.1 Å². The fraction of sp³-hybridized carbons (Fsp3) is 0.190. The van der Waals surface area contributed by atoms with Gasteiger partial charge in [0.2, 0.25) is 0 Å². The second kappa shape index (κ2) is 8.92. The third kappa shape index (κ3) is 4.17. The maximum Gasteiger partial charge on any atom is 0.407 e. The van der Waals surface area contributed by atoms with Crippen LogP contribution in [-0.2, 0) is 16.1 Å². The Kier molecular flexibility index (Phi) is 6.27. The number of carboxylic acid groups (broad SMARTS) is 1. The van der Waals surface area contributed by atoms with E-state index in [1.807, 2.05) is 36.4 Å². The van der Waals surface area contributed by atoms with Crippen LogP contribution in [0, 0.1) is 7.40 Å². The van der Waals surface area contributed by atoms with Crippen LogP contribution in [0.3, 0.4) is 0 Å². The first-order valence-corrected chi connectivity index (χ1v) is 11.3. The Bertz CT molecular complexity index is 1070. The summed E-state index contributed by atoms with van der Waals surface area (Å²) < 4.78 is 8.73. The van der Waals surface area contributed by atoms with Gasteiger partial charge in [0.05, 0.1) is 12.9 Å². The zero-order valence-corrected chi connectivity index (χ0v) is 19.9. The maximum atomic E-state index is 12.4. The molecule has 4 rings (SSSR count). The summed E-state index contributed by atoms with van der Waals surface area (Å²) >= 11 is 4.16. The van der Waals surface area contributed by atoms with Crippen LogP contribution >= 0.6 is 45.2 Å². The number of nitrogens with one attached hydrogen (secondary N) is 1. The molecular formula is C21H17I2N3O4. The van der Waals surface area contributed by atoms with Crippen LogP contribution < -0.4 is 5.32 Å². The Morgan fingerprint density at radius 2 is 1.70 bits per heavy atom. The molecule has 1 aliphatic rings. The number of carbonyl (C=O) groups excluding carboxylic acids is 1. The molecule has 0 spiro atoms. The lowest BCUT2D eigenvalue weighted by atomic mass is 9.98. The smallest absolute Gasteiger partial charge is 0.407 e. The lowest BCUT2D eigenvalue weighted by Crippen LogP contribution is -2.44. The van der Waals surface area contributed by atoms with E-state index in [2.05, 4.69) is 67.6 Å². The normalized spacial score (nSPS) is 13.4. The number of aromatic nitrogens is 2. The molecule has 1 amide bonds. The van der Waals surface area contributed by atoms with Crippen molar-refractivity contribution in [2.75, 3.05) is 6.61 Å². The lowest BCUT2D eigenvalue weighted by molar-refractivity contribution is -0.139. The van der Waals surface area contributed by atoms with E-state index in [4.69, 9.17) is 4.74 Å². The number of carboxylic acids is 1. The quantitative estimate of drug-likeness (QED) is 0.402. The van der Waals surface area contributed by atoms with Crippen LogP contribution in [0.15, 0.2) is 54.9 Å². The molecule has 0 aliphatic heterocycles. The van der Waals surface area contributed by atoms with Gasteiger partial charge < -0.3 is 19.7 Å². The first-order valence-electron chi connectivity index (χ1n) is 9.16. The van der Waals surface area contributed by atoms with Crippen LogP contribution in [0.5, 0.6) is 0 Å². The average molecular weight is 629 g/mol. The third-order valence-corrected chi connectivity index (χ3v) is 8.00. The lowest BCUT2D eigenvalue weighted by Gasteiger charge is -2.18. The number of hydrogen-bond acceptors (Lipinski definition) is 4. The van der Waals surface area contributed by atoms with Crippen LogP contribution in [0.4, 0.5) is 4.79 Å². The summed E-state index contributed by atoms with van der Waals surface area (Å²) in [6.07, 6.45) is 0.799. The monoisotopic (exact) mass is 629 g/mol. The minimum absolute atomic E-state index is 0.0633. The van der Waals surface area contributed by atoms with Gasteiger partial charge >= 0.3 is 12.1 Å². The van der Waals surface area contributed by atoms with Crippen molar-refractivity contribution in [2.45, 2.75) is 18.5 Å². The zero-order chi connectivity index (χ0) is 21.3. The molecule has 1 aliphatic carbocycles. The second-order valence-corrected chi connectivity index (χ2v) is 8.88. The molecule has 9 heteroatoms. The van der Waals surface area contributed by atoms with Gasteiger partial charge in [-0.1, -0.05) is 48.5 Å². The molecule has 0 saturated carbocycles. The van der Waals surface area contributed by atoms with E-state index < -0.39 is 18.1 Å². The Morgan fingerprint density at radius 3 is 2.23 bits per heavy atom. The molecule has 0 bridgehead atoms. The number of alkyl carbamates (subject to hydrolysis) is 1. The van der Waals surface area contributed by atoms with Gasteiger partial charge in [-0.3, -0.25) is 0 Å². The molecule has 2 N–H and O–H groups in total. The number of amides is 1. The van der Waals surface area contributed by atoms with E-state index >= 15 is 0 Å². The Labute approximate surface area is 200 Å². The summed E-state index contributed by atoms with van der Waals surface area (Å²) in [6, 6.07) is 15.0. The molecule has 1 aromatic heterocycles. The molecule has 1 atom stereocenters. The van der Waals surface area contributed by atoms with Gasteiger partial charge in [0.15, 0.2) is 0 Å². The van der Waals surface area contributed by atoms with Crippen molar-refractivity contribution in [3.8, 4) is 11.1 Å². The number of nitrogens with zero attached hydrogens (tertiary/aromatic N) is 2. The fourth-order valence-corrected chi connectivity index (χ4v) is 4.53. The molecule has 154 valence electrons.